The summed E-state index contributed by atoms with van der Waals surface area (Å²) < 4.78 is 1.39. The van der Waals surface area contributed by atoms with Crippen molar-refractivity contribution >= 4 is 11.7 Å². The molecule has 0 aromatic carbocycles. The molecule has 1 aromatic rings. The lowest BCUT2D eigenvalue weighted by Gasteiger charge is -2.28. The summed E-state index contributed by atoms with van der Waals surface area (Å²) >= 11 is 0. The Morgan fingerprint density at radius 2 is 2.26 bits per heavy atom. The lowest BCUT2D eigenvalue weighted by molar-refractivity contribution is 0.159. The summed E-state index contributed by atoms with van der Waals surface area (Å²) in [5.41, 5.74) is -0.669. The second-order valence-electron chi connectivity index (χ2n) is 5.27. The van der Waals surface area contributed by atoms with Crippen molar-refractivity contribution in [2.45, 2.75) is 25.3 Å². The monoisotopic (exact) mass is 265 g/mol. The van der Waals surface area contributed by atoms with Crippen LogP contribution in [0.3, 0.4) is 0 Å². The highest BCUT2D eigenvalue weighted by atomic mass is 16.3. The first-order chi connectivity index (χ1) is 8.96. The molecule has 3 N–H and O–H groups in total. The minimum Gasteiger partial charge on any atom is -0.394 e. The van der Waals surface area contributed by atoms with Gasteiger partial charge in [0.1, 0.15) is 5.69 Å². The number of amides is 2. The van der Waals surface area contributed by atoms with E-state index in [9.17, 15) is 14.7 Å². The SMILES string of the molecule is Cn1cccc(NC(=O)NC(C)(CO)C2CC2)c1=O. The van der Waals surface area contributed by atoms with Crippen molar-refractivity contribution in [2.75, 3.05) is 11.9 Å². The number of urea groups is 1. The summed E-state index contributed by atoms with van der Waals surface area (Å²) in [4.78, 5) is 23.7. The molecule has 2 rings (SSSR count). The molecule has 2 amide bonds. The van der Waals surface area contributed by atoms with Crippen molar-refractivity contribution in [3.63, 3.8) is 0 Å². The van der Waals surface area contributed by atoms with Gasteiger partial charge in [-0.2, -0.15) is 0 Å². The molecule has 6 nitrogen and oxygen atoms in total. The number of anilines is 1. The van der Waals surface area contributed by atoms with E-state index in [1.54, 1.807) is 25.4 Å². The molecule has 0 spiro atoms. The van der Waals surface area contributed by atoms with E-state index in [0.717, 1.165) is 12.8 Å². The van der Waals surface area contributed by atoms with E-state index in [1.165, 1.54) is 4.57 Å². The highest BCUT2D eigenvalue weighted by molar-refractivity contribution is 5.89. The Morgan fingerprint density at radius 1 is 1.58 bits per heavy atom. The molecule has 1 aliphatic carbocycles. The molecule has 6 heteroatoms. The van der Waals surface area contributed by atoms with Crippen LogP contribution in [0.5, 0.6) is 0 Å². The third-order valence-corrected chi connectivity index (χ3v) is 3.58. The zero-order valence-electron chi connectivity index (χ0n) is 11.1. The third kappa shape index (κ3) is 2.96. The fraction of sp³-hybridized carbons (Fsp3) is 0.538. The minimum atomic E-state index is -0.621. The number of aliphatic hydroxyl groups excluding tert-OH is 1. The first-order valence-electron chi connectivity index (χ1n) is 6.32. The Labute approximate surface area is 111 Å². The van der Waals surface area contributed by atoms with Gasteiger partial charge in [0.2, 0.25) is 0 Å². The summed E-state index contributed by atoms with van der Waals surface area (Å²) in [5, 5.41) is 14.7. The maximum atomic E-state index is 11.9. The number of hydrogen-bond donors (Lipinski definition) is 3. The van der Waals surface area contributed by atoms with E-state index in [4.69, 9.17) is 0 Å². The first-order valence-corrected chi connectivity index (χ1v) is 6.32. The molecule has 104 valence electrons. The Morgan fingerprint density at radius 3 is 2.84 bits per heavy atom. The van der Waals surface area contributed by atoms with Gasteiger partial charge in [-0.15, -0.1) is 0 Å². The Kier molecular flexibility index (Phi) is 3.61. The zero-order valence-corrected chi connectivity index (χ0v) is 11.1. The molecule has 0 radical (unpaired) electrons. The third-order valence-electron chi connectivity index (χ3n) is 3.58. The number of carbonyl (C=O) groups excluding carboxylic acids is 1. The van der Waals surface area contributed by atoms with Crippen molar-refractivity contribution in [2.24, 2.45) is 13.0 Å². The van der Waals surface area contributed by atoms with Crippen molar-refractivity contribution in [3.05, 3.63) is 28.7 Å². The van der Waals surface area contributed by atoms with Crippen LogP contribution in [-0.2, 0) is 7.05 Å². The summed E-state index contributed by atoms with van der Waals surface area (Å²) in [5.74, 6) is 0.307. The molecule has 0 aliphatic heterocycles. The summed E-state index contributed by atoms with van der Waals surface area (Å²) in [7, 11) is 1.62. The predicted molar refractivity (Wildman–Crippen MR) is 72.1 cm³/mol. The summed E-state index contributed by atoms with van der Waals surface area (Å²) in [6, 6.07) is 2.77. The maximum absolute atomic E-state index is 11.9. The summed E-state index contributed by atoms with van der Waals surface area (Å²) in [6.45, 7) is 1.70. The van der Waals surface area contributed by atoms with Crippen LogP contribution in [0.15, 0.2) is 23.1 Å². The van der Waals surface area contributed by atoms with Gasteiger partial charge in [0.25, 0.3) is 5.56 Å². The smallest absolute Gasteiger partial charge is 0.319 e. The number of carbonyl (C=O) groups is 1. The lowest BCUT2D eigenvalue weighted by Crippen LogP contribution is -2.52. The fourth-order valence-electron chi connectivity index (χ4n) is 2.10. The van der Waals surface area contributed by atoms with Crippen LogP contribution in [0.2, 0.25) is 0 Å². The van der Waals surface area contributed by atoms with Gasteiger partial charge >= 0.3 is 6.03 Å². The fourth-order valence-corrected chi connectivity index (χ4v) is 2.10. The number of pyridine rings is 1. The normalized spacial score (nSPS) is 17.6. The van der Waals surface area contributed by atoms with Crippen LogP contribution in [0.1, 0.15) is 19.8 Å². The highest BCUT2D eigenvalue weighted by Gasteiger charge is 2.42. The Balaban J connectivity index is 2.05. The molecule has 19 heavy (non-hydrogen) atoms. The Bertz CT molecular complexity index is 536. The van der Waals surface area contributed by atoms with Gasteiger partial charge in [-0.1, -0.05) is 0 Å². The number of hydrogen-bond acceptors (Lipinski definition) is 3. The van der Waals surface area contributed by atoms with Gasteiger partial charge in [-0.25, -0.2) is 4.79 Å². The average molecular weight is 265 g/mol. The molecule has 1 aromatic heterocycles. The number of aryl methyl sites for hydroxylation is 1. The lowest BCUT2D eigenvalue weighted by atomic mass is 9.97. The van der Waals surface area contributed by atoms with E-state index < -0.39 is 11.6 Å². The number of rotatable bonds is 4. The van der Waals surface area contributed by atoms with Crippen LogP contribution < -0.4 is 16.2 Å². The molecule has 1 aliphatic rings. The predicted octanol–water partition coefficient (Wildman–Crippen LogP) is 0.668. The van der Waals surface area contributed by atoms with Crippen molar-refractivity contribution in [3.8, 4) is 0 Å². The topological polar surface area (TPSA) is 83.4 Å². The molecule has 1 saturated carbocycles. The first kappa shape index (κ1) is 13.6. The van der Waals surface area contributed by atoms with Crippen molar-refractivity contribution < 1.29 is 9.90 Å². The van der Waals surface area contributed by atoms with Gasteiger partial charge in [0, 0.05) is 13.2 Å². The Hall–Kier alpha value is -1.82. The van der Waals surface area contributed by atoms with E-state index in [2.05, 4.69) is 10.6 Å². The van der Waals surface area contributed by atoms with Crippen molar-refractivity contribution in [1.82, 2.24) is 9.88 Å². The van der Waals surface area contributed by atoms with Crippen LogP contribution in [0, 0.1) is 5.92 Å². The standard InChI is InChI=1S/C13H19N3O3/c1-13(8-17,9-5-6-9)15-12(19)14-10-4-3-7-16(2)11(10)18/h3-4,7,9,17H,5-6,8H2,1-2H3,(H2,14,15,19). The number of nitrogens with one attached hydrogen (secondary N) is 2. The van der Waals surface area contributed by atoms with Crippen LogP contribution in [0.4, 0.5) is 10.5 Å². The average Bonchev–Trinajstić information content (AvgIpc) is 3.19. The highest BCUT2D eigenvalue weighted by Crippen LogP contribution is 2.39. The van der Waals surface area contributed by atoms with Gasteiger partial charge in [-0.3, -0.25) is 4.79 Å². The van der Waals surface area contributed by atoms with E-state index in [1.807, 2.05) is 6.92 Å². The molecular formula is C13H19N3O3. The van der Waals surface area contributed by atoms with E-state index in [0.29, 0.717) is 5.92 Å². The van der Waals surface area contributed by atoms with Crippen LogP contribution in [0.25, 0.3) is 0 Å². The second-order valence-corrected chi connectivity index (χ2v) is 5.27. The molecule has 1 heterocycles. The number of aliphatic hydroxyl groups is 1. The molecule has 1 unspecified atom stereocenters. The maximum Gasteiger partial charge on any atom is 0.319 e. The van der Waals surface area contributed by atoms with E-state index in [-0.39, 0.29) is 17.9 Å². The van der Waals surface area contributed by atoms with Crippen molar-refractivity contribution in [1.29, 1.82) is 0 Å². The zero-order chi connectivity index (χ0) is 14.0. The van der Waals surface area contributed by atoms with Gasteiger partial charge in [0.05, 0.1) is 12.1 Å². The van der Waals surface area contributed by atoms with Crippen LogP contribution in [-0.4, -0.2) is 27.9 Å². The molecule has 0 bridgehead atoms. The molecule has 0 saturated heterocycles. The van der Waals surface area contributed by atoms with Gasteiger partial charge < -0.3 is 20.3 Å². The molecule has 1 fully saturated rings. The largest absolute Gasteiger partial charge is 0.394 e. The second kappa shape index (κ2) is 5.05. The van der Waals surface area contributed by atoms with Gasteiger partial charge in [-0.05, 0) is 37.8 Å². The number of aromatic nitrogens is 1. The molecular weight excluding hydrogens is 246 g/mol. The minimum absolute atomic E-state index is 0.113. The van der Waals surface area contributed by atoms with Crippen LogP contribution >= 0.6 is 0 Å². The quantitative estimate of drug-likeness (QED) is 0.748. The van der Waals surface area contributed by atoms with Gasteiger partial charge in [0.15, 0.2) is 0 Å². The van der Waals surface area contributed by atoms with E-state index >= 15 is 0 Å². The summed E-state index contributed by atoms with van der Waals surface area (Å²) in [6.07, 6.45) is 3.63. The molecule has 1 atom stereocenters. The number of nitrogens with zero attached hydrogens (tertiary/aromatic N) is 1.